The van der Waals surface area contributed by atoms with Crippen LogP contribution in [0.15, 0.2) is 48.7 Å². The molecule has 0 amide bonds. The minimum absolute atomic E-state index is 0.0269. The average Bonchev–Trinajstić information content (AvgIpc) is 3.15. The van der Waals surface area contributed by atoms with Crippen LogP contribution in [0.25, 0.3) is 11.3 Å². The molecule has 2 aromatic carbocycles. The Balaban J connectivity index is 1.53. The van der Waals surface area contributed by atoms with E-state index < -0.39 is 0 Å². The number of carbonyl (C=O) groups excluding carboxylic acids is 1. The number of halogens is 1. The summed E-state index contributed by atoms with van der Waals surface area (Å²) in [5.74, 6) is 0.0269. The van der Waals surface area contributed by atoms with E-state index in [0.717, 1.165) is 48.1 Å². The van der Waals surface area contributed by atoms with Crippen molar-refractivity contribution in [1.82, 2.24) is 10.2 Å². The molecule has 0 bridgehead atoms. The van der Waals surface area contributed by atoms with Gasteiger partial charge in [-0.05, 0) is 60.2 Å². The highest BCUT2D eigenvalue weighted by atomic mass is 35.5. The molecule has 0 radical (unpaired) electrons. The van der Waals surface area contributed by atoms with Gasteiger partial charge in [0.25, 0.3) is 0 Å². The smallest absolute Gasteiger partial charge is 0.127 e. The summed E-state index contributed by atoms with van der Waals surface area (Å²) in [7, 11) is 0. The van der Waals surface area contributed by atoms with Gasteiger partial charge in [-0.2, -0.15) is 5.10 Å². The second-order valence-corrected chi connectivity index (χ2v) is 7.12. The van der Waals surface area contributed by atoms with Crippen molar-refractivity contribution in [3.63, 3.8) is 0 Å². The van der Waals surface area contributed by atoms with Gasteiger partial charge in [-0.25, -0.2) is 0 Å². The van der Waals surface area contributed by atoms with E-state index >= 15 is 0 Å². The highest BCUT2D eigenvalue weighted by Crippen LogP contribution is 2.32. The predicted octanol–water partition coefficient (Wildman–Crippen LogP) is 4.96. The number of benzene rings is 2. The molecule has 1 unspecified atom stereocenters. The van der Waals surface area contributed by atoms with E-state index in [1.54, 1.807) is 0 Å². The first-order chi connectivity index (χ1) is 12.7. The van der Waals surface area contributed by atoms with Gasteiger partial charge < -0.3 is 10.1 Å². The zero-order valence-electron chi connectivity index (χ0n) is 14.3. The SMILES string of the molecule is O=CC1CCCc2ccc(NCc3cn[nH]c3-c3ccc(Cl)cc3)cc21. The molecule has 3 aromatic rings. The molecule has 4 nitrogen and oxygen atoms in total. The lowest BCUT2D eigenvalue weighted by molar-refractivity contribution is -0.109. The largest absolute Gasteiger partial charge is 0.381 e. The Morgan fingerprint density at radius 1 is 1.23 bits per heavy atom. The molecular formula is C21H20ClN3O. The lowest BCUT2D eigenvalue weighted by Crippen LogP contribution is -2.11. The maximum Gasteiger partial charge on any atom is 0.127 e. The van der Waals surface area contributed by atoms with Crippen LogP contribution in [0.2, 0.25) is 5.02 Å². The molecule has 5 heteroatoms. The highest BCUT2D eigenvalue weighted by Gasteiger charge is 2.19. The van der Waals surface area contributed by atoms with Crippen molar-refractivity contribution in [2.75, 3.05) is 5.32 Å². The lowest BCUT2D eigenvalue weighted by atomic mass is 9.83. The molecule has 1 aliphatic rings. The van der Waals surface area contributed by atoms with E-state index in [0.29, 0.717) is 11.6 Å². The number of anilines is 1. The van der Waals surface area contributed by atoms with Crippen LogP contribution in [-0.4, -0.2) is 16.5 Å². The minimum Gasteiger partial charge on any atom is -0.381 e. The standard InChI is InChI=1S/C21H20ClN3O/c22-18-7-4-15(5-8-18)21-17(12-24-25-21)11-23-19-9-6-14-2-1-3-16(13-26)20(14)10-19/h4-10,12-13,16,23H,1-3,11H2,(H,24,25). The fourth-order valence-electron chi connectivity index (χ4n) is 3.60. The summed E-state index contributed by atoms with van der Waals surface area (Å²) in [5, 5.41) is 11.4. The number of H-pyrrole nitrogens is 1. The molecule has 4 rings (SSSR count). The number of aryl methyl sites for hydroxylation is 1. The summed E-state index contributed by atoms with van der Waals surface area (Å²) >= 11 is 5.97. The summed E-state index contributed by atoms with van der Waals surface area (Å²) < 4.78 is 0. The first-order valence-corrected chi connectivity index (χ1v) is 9.22. The number of nitrogens with one attached hydrogen (secondary N) is 2. The first-order valence-electron chi connectivity index (χ1n) is 8.85. The highest BCUT2D eigenvalue weighted by molar-refractivity contribution is 6.30. The Labute approximate surface area is 157 Å². The maximum absolute atomic E-state index is 11.4. The Bertz CT molecular complexity index is 917. The zero-order chi connectivity index (χ0) is 17.9. The first kappa shape index (κ1) is 16.9. The van der Waals surface area contributed by atoms with Gasteiger partial charge in [0.15, 0.2) is 0 Å². The molecule has 0 spiro atoms. The van der Waals surface area contributed by atoms with Gasteiger partial charge in [0.2, 0.25) is 0 Å². The van der Waals surface area contributed by atoms with E-state index in [4.69, 9.17) is 11.6 Å². The molecule has 0 saturated heterocycles. The van der Waals surface area contributed by atoms with Crippen LogP contribution in [0.4, 0.5) is 5.69 Å². The van der Waals surface area contributed by atoms with Gasteiger partial charge in [0.05, 0.1) is 11.9 Å². The summed E-state index contributed by atoms with van der Waals surface area (Å²) in [6, 6.07) is 14.1. The summed E-state index contributed by atoms with van der Waals surface area (Å²) in [6.07, 6.45) is 6.01. The van der Waals surface area contributed by atoms with Gasteiger partial charge in [0, 0.05) is 28.7 Å². The zero-order valence-corrected chi connectivity index (χ0v) is 15.1. The fraction of sp³-hybridized carbons (Fsp3) is 0.238. The van der Waals surface area contributed by atoms with E-state index in [1.165, 1.54) is 11.1 Å². The Hall–Kier alpha value is -2.59. The van der Waals surface area contributed by atoms with Crippen molar-refractivity contribution in [2.45, 2.75) is 31.7 Å². The van der Waals surface area contributed by atoms with Crippen molar-refractivity contribution < 1.29 is 4.79 Å². The number of hydrogen-bond acceptors (Lipinski definition) is 3. The van der Waals surface area contributed by atoms with Gasteiger partial charge in [-0.3, -0.25) is 5.10 Å². The third-order valence-electron chi connectivity index (χ3n) is 5.00. The predicted molar refractivity (Wildman–Crippen MR) is 105 cm³/mol. The normalized spacial score (nSPS) is 16.1. The second-order valence-electron chi connectivity index (χ2n) is 6.68. The van der Waals surface area contributed by atoms with Gasteiger partial charge in [-0.1, -0.05) is 29.8 Å². The van der Waals surface area contributed by atoms with Crippen molar-refractivity contribution in [2.24, 2.45) is 0 Å². The fourth-order valence-corrected chi connectivity index (χ4v) is 3.72. The molecule has 1 atom stereocenters. The van der Waals surface area contributed by atoms with E-state index in [2.05, 4.69) is 33.7 Å². The van der Waals surface area contributed by atoms with Gasteiger partial charge >= 0.3 is 0 Å². The van der Waals surface area contributed by atoms with Crippen LogP contribution in [0, 0.1) is 0 Å². The number of hydrogen-bond donors (Lipinski definition) is 2. The summed E-state index contributed by atoms with van der Waals surface area (Å²) in [4.78, 5) is 11.4. The Morgan fingerprint density at radius 2 is 2.08 bits per heavy atom. The molecular weight excluding hydrogens is 346 g/mol. The number of nitrogens with zero attached hydrogens (tertiary/aromatic N) is 1. The van der Waals surface area contributed by atoms with Crippen molar-refractivity contribution >= 4 is 23.6 Å². The molecule has 1 aliphatic carbocycles. The Morgan fingerprint density at radius 3 is 2.88 bits per heavy atom. The molecule has 0 saturated carbocycles. The lowest BCUT2D eigenvalue weighted by Gasteiger charge is -2.22. The minimum atomic E-state index is 0.0269. The third kappa shape index (κ3) is 3.37. The van der Waals surface area contributed by atoms with Crippen molar-refractivity contribution in [3.8, 4) is 11.3 Å². The quantitative estimate of drug-likeness (QED) is 0.628. The van der Waals surface area contributed by atoms with Gasteiger partial charge in [0.1, 0.15) is 6.29 Å². The average molecular weight is 366 g/mol. The van der Waals surface area contributed by atoms with Crippen LogP contribution in [-0.2, 0) is 17.8 Å². The van der Waals surface area contributed by atoms with Gasteiger partial charge in [-0.15, -0.1) is 0 Å². The van der Waals surface area contributed by atoms with E-state index in [1.807, 2.05) is 30.5 Å². The molecule has 0 fully saturated rings. The number of aldehydes is 1. The van der Waals surface area contributed by atoms with Crippen molar-refractivity contribution in [3.05, 3.63) is 70.4 Å². The van der Waals surface area contributed by atoms with Crippen LogP contribution < -0.4 is 5.32 Å². The molecule has 132 valence electrons. The number of rotatable bonds is 5. The third-order valence-corrected chi connectivity index (χ3v) is 5.26. The van der Waals surface area contributed by atoms with Crippen LogP contribution in [0.3, 0.4) is 0 Å². The van der Waals surface area contributed by atoms with Crippen LogP contribution in [0.1, 0.15) is 35.4 Å². The number of fused-ring (bicyclic) bond motifs is 1. The molecule has 0 aliphatic heterocycles. The van der Waals surface area contributed by atoms with Crippen LogP contribution >= 0.6 is 11.6 Å². The summed E-state index contributed by atoms with van der Waals surface area (Å²) in [5.41, 5.74) is 6.61. The monoisotopic (exact) mass is 365 g/mol. The number of aromatic nitrogens is 2. The maximum atomic E-state index is 11.4. The topological polar surface area (TPSA) is 57.8 Å². The van der Waals surface area contributed by atoms with Crippen LogP contribution in [0.5, 0.6) is 0 Å². The molecule has 2 N–H and O–H groups in total. The molecule has 1 heterocycles. The van der Waals surface area contributed by atoms with E-state index in [9.17, 15) is 4.79 Å². The van der Waals surface area contributed by atoms with Crippen molar-refractivity contribution in [1.29, 1.82) is 0 Å². The second kappa shape index (κ2) is 7.34. The van der Waals surface area contributed by atoms with E-state index in [-0.39, 0.29) is 5.92 Å². The molecule has 26 heavy (non-hydrogen) atoms. The number of carbonyl (C=O) groups is 1. The summed E-state index contributed by atoms with van der Waals surface area (Å²) in [6.45, 7) is 0.652. The Kier molecular flexibility index (Phi) is 4.76. The molecule has 1 aromatic heterocycles. The number of aromatic amines is 1.